The predicted octanol–water partition coefficient (Wildman–Crippen LogP) is 4.42. The molecule has 0 bridgehead atoms. The van der Waals surface area contributed by atoms with Crippen molar-refractivity contribution >= 4 is 22.7 Å². The Kier molecular flexibility index (Phi) is 4.35. The summed E-state index contributed by atoms with van der Waals surface area (Å²) in [5.41, 5.74) is 3.37. The van der Waals surface area contributed by atoms with Gasteiger partial charge in [-0.25, -0.2) is 4.98 Å². The van der Waals surface area contributed by atoms with Crippen LogP contribution in [0.4, 0.5) is 0 Å². The molecule has 0 aliphatic carbocycles. The van der Waals surface area contributed by atoms with Gasteiger partial charge in [0.2, 0.25) is 0 Å². The van der Waals surface area contributed by atoms with Gasteiger partial charge in [0, 0.05) is 7.05 Å². The highest BCUT2D eigenvalue weighted by atomic mass is 16.5. The maximum absolute atomic E-state index is 9.57. The van der Waals surface area contributed by atoms with Crippen LogP contribution in [-0.4, -0.2) is 15.7 Å². The first kappa shape index (κ1) is 15.8. The highest BCUT2D eigenvalue weighted by Crippen LogP contribution is 2.23. The number of aryl methyl sites for hydroxylation is 1. The molecule has 1 heterocycles. The number of para-hydroxylation sites is 2. The Morgan fingerprint density at radius 2 is 1.88 bits per heavy atom. The van der Waals surface area contributed by atoms with E-state index >= 15 is 0 Å². The lowest BCUT2D eigenvalue weighted by Gasteiger charge is -2.09. The quantitative estimate of drug-likeness (QED) is 0.669. The van der Waals surface area contributed by atoms with E-state index in [0.717, 1.165) is 22.3 Å². The summed E-state index contributed by atoms with van der Waals surface area (Å²) in [5.74, 6) is 1.49. The molecule has 0 aliphatic heterocycles. The van der Waals surface area contributed by atoms with Gasteiger partial charge in [0.1, 0.15) is 11.8 Å². The predicted molar refractivity (Wildman–Crippen MR) is 96.4 cm³/mol. The number of allylic oxidation sites excluding steroid dienone is 1. The summed E-state index contributed by atoms with van der Waals surface area (Å²) < 4.78 is 7.59. The number of aromatic nitrogens is 2. The van der Waals surface area contributed by atoms with Crippen LogP contribution in [0, 0.1) is 11.3 Å². The summed E-state index contributed by atoms with van der Waals surface area (Å²) in [5, 5.41) is 9.57. The second-order valence-electron chi connectivity index (χ2n) is 5.89. The molecule has 3 aromatic rings. The van der Waals surface area contributed by atoms with Gasteiger partial charge >= 0.3 is 0 Å². The summed E-state index contributed by atoms with van der Waals surface area (Å²) in [6.07, 6.45) is 1.99. The number of fused-ring (bicyclic) bond motifs is 1. The maximum atomic E-state index is 9.57. The summed E-state index contributed by atoms with van der Waals surface area (Å²) in [4.78, 5) is 4.58. The minimum absolute atomic E-state index is 0.140. The molecule has 1 aromatic heterocycles. The molecule has 2 aromatic carbocycles. The number of hydrogen-bond donors (Lipinski definition) is 0. The number of benzene rings is 2. The summed E-state index contributed by atoms with van der Waals surface area (Å²) >= 11 is 0. The molecular formula is C20H19N3O. The molecule has 4 nitrogen and oxygen atoms in total. The van der Waals surface area contributed by atoms with E-state index in [1.165, 1.54) is 0 Å². The van der Waals surface area contributed by atoms with Crippen molar-refractivity contribution in [3.05, 3.63) is 59.9 Å². The Morgan fingerprint density at radius 3 is 2.50 bits per heavy atom. The zero-order valence-corrected chi connectivity index (χ0v) is 14.0. The van der Waals surface area contributed by atoms with Crippen LogP contribution in [0.3, 0.4) is 0 Å². The molecule has 120 valence electrons. The Labute approximate surface area is 141 Å². The minimum Gasteiger partial charge on any atom is -0.491 e. The molecule has 0 spiro atoms. The molecule has 0 saturated heterocycles. The highest BCUT2D eigenvalue weighted by Gasteiger charge is 2.11. The number of nitrogens with zero attached hydrogens (tertiary/aromatic N) is 3. The van der Waals surface area contributed by atoms with Crippen LogP contribution in [0.25, 0.3) is 22.7 Å². The van der Waals surface area contributed by atoms with E-state index in [9.17, 15) is 5.26 Å². The van der Waals surface area contributed by atoms with Gasteiger partial charge in [-0.05, 0) is 49.8 Å². The van der Waals surface area contributed by atoms with E-state index in [0.29, 0.717) is 11.4 Å². The van der Waals surface area contributed by atoms with Gasteiger partial charge < -0.3 is 9.30 Å². The van der Waals surface area contributed by atoms with Crippen molar-refractivity contribution in [2.75, 3.05) is 0 Å². The van der Waals surface area contributed by atoms with Crippen LogP contribution in [0.1, 0.15) is 25.2 Å². The standard InChI is InChI=1S/C20H19N3O/c1-14(2)24-17-10-8-15(9-11-17)12-16(13-21)20-22-18-6-4-5-7-19(18)23(20)3/h4-12,14H,1-3H3/b16-12+. The van der Waals surface area contributed by atoms with Gasteiger partial charge in [0.05, 0.1) is 22.7 Å². The SMILES string of the molecule is CC(C)Oc1ccc(/C=C(\C#N)c2nc3ccccc3n2C)cc1. The first-order valence-corrected chi connectivity index (χ1v) is 7.89. The fourth-order valence-electron chi connectivity index (χ4n) is 2.61. The lowest BCUT2D eigenvalue weighted by atomic mass is 10.1. The molecule has 0 atom stereocenters. The molecule has 0 radical (unpaired) electrons. The summed E-state index contributed by atoms with van der Waals surface area (Å²) in [6.45, 7) is 3.99. The normalized spacial score (nSPS) is 11.7. The van der Waals surface area contributed by atoms with Crippen LogP contribution in [0.5, 0.6) is 5.75 Å². The number of rotatable bonds is 4. The molecule has 3 rings (SSSR count). The summed E-state index contributed by atoms with van der Waals surface area (Å²) in [7, 11) is 1.93. The first-order chi connectivity index (χ1) is 11.6. The van der Waals surface area contributed by atoms with E-state index < -0.39 is 0 Å². The number of nitriles is 1. The van der Waals surface area contributed by atoms with Gasteiger partial charge in [-0.15, -0.1) is 0 Å². The smallest absolute Gasteiger partial charge is 0.151 e. The van der Waals surface area contributed by atoms with Gasteiger partial charge in [0.15, 0.2) is 5.82 Å². The number of hydrogen-bond acceptors (Lipinski definition) is 3. The van der Waals surface area contributed by atoms with Gasteiger partial charge in [-0.2, -0.15) is 5.26 Å². The third-order valence-electron chi connectivity index (χ3n) is 3.71. The lowest BCUT2D eigenvalue weighted by molar-refractivity contribution is 0.242. The third kappa shape index (κ3) is 3.16. The molecule has 0 amide bonds. The van der Waals surface area contributed by atoms with E-state index in [-0.39, 0.29) is 6.10 Å². The van der Waals surface area contributed by atoms with Crippen LogP contribution in [0.2, 0.25) is 0 Å². The number of ether oxygens (including phenoxy) is 1. The molecule has 4 heteroatoms. The average Bonchev–Trinajstić information content (AvgIpc) is 2.91. The van der Waals surface area contributed by atoms with Gasteiger partial charge in [-0.3, -0.25) is 0 Å². The van der Waals surface area contributed by atoms with E-state index in [1.807, 2.05) is 80.1 Å². The van der Waals surface area contributed by atoms with E-state index in [4.69, 9.17) is 4.74 Å². The van der Waals surface area contributed by atoms with Crippen molar-refractivity contribution in [3.63, 3.8) is 0 Å². The van der Waals surface area contributed by atoms with Gasteiger partial charge in [0.25, 0.3) is 0 Å². The monoisotopic (exact) mass is 317 g/mol. The van der Waals surface area contributed by atoms with E-state index in [1.54, 1.807) is 0 Å². The fraction of sp³-hybridized carbons (Fsp3) is 0.200. The lowest BCUT2D eigenvalue weighted by Crippen LogP contribution is -2.05. The second kappa shape index (κ2) is 6.59. The first-order valence-electron chi connectivity index (χ1n) is 7.89. The van der Waals surface area contributed by atoms with Crippen molar-refractivity contribution in [3.8, 4) is 11.8 Å². The molecular weight excluding hydrogens is 298 g/mol. The Balaban J connectivity index is 1.97. The topological polar surface area (TPSA) is 50.8 Å². The molecule has 0 unspecified atom stereocenters. The van der Waals surface area contributed by atoms with Crippen molar-refractivity contribution < 1.29 is 4.74 Å². The Bertz CT molecular complexity index is 928. The maximum Gasteiger partial charge on any atom is 0.151 e. The molecule has 0 N–H and O–H groups in total. The molecule has 0 fully saturated rings. The zero-order valence-electron chi connectivity index (χ0n) is 14.0. The minimum atomic E-state index is 0.140. The molecule has 24 heavy (non-hydrogen) atoms. The molecule has 0 saturated carbocycles. The highest BCUT2D eigenvalue weighted by molar-refractivity contribution is 5.90. The van der Waals surface area contributed by atoms with Crippen molar-refractivity contribution in [1.82, 2.24) is 9.55 Å². The third-order valence-corrected chi connectivity index (χ3v) is 3.71. The average molecular weight is 317 g/mol. The zero-order chi connectivity index (χ0) is 17.1. The van der Waals surface area contributed by atoms with Crippen molar-refractivity contribution in [2.24, 2.45) is 7.05 Å². The van der Waals surface area contributed by atoms with Crippen LogP contribution in [-0.2, 0) is 7.05 Å². The van der Waals surface area contributed by atoms with Crippen LogP contribution in [0.15, 0.2) is 48.5 Å². The van der Waals surface area contributed by atoms with Crippen LogP contribution < -0.4 is 4.74 Å². The van der Waals surface area contributed by atoms with Crippen molar-refractivity contribution in [1.29, 1.82) is 5.26 Å². The van der Waals surface area contributed by atoms with Crippen molar-refractivity contribution in [2.45, 2.75) is 20.0 Å². The second-order valence-corrected chi connectivity index (χ2v) is 5.89. The fourth-order valence-corrected chi connectivity index (χ4v) is 2.61. The molecule has 0 aliphatic rings. The van der Waals surface area contributed by atoms with Crippen LogP contribution >= 0.6 is 0 Å². The Morgan fingerprint density at radius 1 is 1.17 bits per heavy atom. The van der Waals surface area contributed by atoms with E-state index in [2.05, 4.69) is 11.1 Å². The Hall–Kier alpha value is -3.06. The number of imidazole rings is 1. The largest absolute Gasteiger partial charge is 0.491 e. The van der Waals surface area contributed by atoms with Gasteiger partial charge in [-0.1, -0.05) is 24.3 Å². The summed E-state index contributed by atoms with van der Waals surface area (Å²) in [6, 6.07) is 17.8.